The summed E-state index contributed by atoms with van der Waals surface area (Å²) in [6.45, 7) is 3.73. The summed E-state index contributed by atoms with van der Waals surface area (Å²) in [7, 11) is -3.77. The number of aryl methyl sites for hydroxylation is 2. The molecule has 0 bridgehead atoms. The third kappa shape index (κ3) is 3.22. The molecule has 1 aliphatic rings. The lowest BCUT2D eigenvalue weighted by Crippen LogP contribution is -2.37. The Morgan fingerprint density at radius 2 is 2.14 bits per heavy atom. The molecular weight excluding hydrogens is 300 g/mol. The van der Waals surface area contributed by atoms with E-state index < -0.39 is 22.0 Å². The van der Waals surface area contributed by atoms with Crippen LogP contribution in [0.4, 0.5) is 4.79 Å². The van der Waals surface area contributed by atoms with Gasteiger partial charge in [0.25, 0.3) is 15.9 Å². The first-order valence-electron chi connectivity index (χ1n) is 6.35. The summed E-state index contributed by atoms with van der Waals surface area (Å²) < 4.78 is 32.6. The maximum absolute atomic E-state index is 12.0. The van der Waals surface area contributed by atoms with Crippen LogP contribution in [0.1, 0.15) is 12.7 Å². The van der Waals surface area contributed by atoms with E-state index in [1.807, 2.05) is 6.92 Å². The van der Waals surface area contributed by atoms with E-state index in [0.29, 0.717) is 12.4 Å². The van der Waals surface area contributed by atoms with Gasteiger partial charge < -0.3 is 9.30 Å². The lowest BCUT2D eigenvalue weighted by molar-refractivity contribution is -0.125. The van der Waals surface area contributed by atoms with E-state index >= 15 is 0 Å². The molecule has 1 saturated heterocycles. The predicted molar refractivity (Wildman–Crippen MR) is 70.9 cm³/mol. The number of sulfonamides is 1. The fourth-order valence-corrected chi connectivity index (χ4v) is 2.92. The highest BCUT2D eigenvalue weighted by Crippen LogP contribution is 2.09. The molecular formula is C11H16N4O5S. The van der Waals surface area contributed by atoms with Crippen LogP contribution in [0.2, 0.25) is 0 Å². The Labute approximate surface area is 121 Å². The number of cyclic esters (lactones) is 1. The van der Waals surface area contributed by atoms with Crippen LogP contribution in [-0.2, 0) is 26.1 Å². The number of amides is 2. The zero-order chi connectivity index (χ0) is 15.6. The third-order valence-corrected chi connectivity index (χ3v) is 4.37. The van der Waals surface area contributed by atoms with Crippen molar-refractivity contribution in [1.29, 1.82) is 0 Å². The average Bonchev–Trinajstić information content (AvgIpc) is 2.95. The first-order chi connectivity index (χ1) is 9.85. The fraction of sp³-hybridized carbons (Fsp3) is 0.545. The number of rotatable bonds is 6. The summed E-state index contributed by atoms with van der Waals surface area (Å²) in [5.74, 6) is 0.112. The van der Waals surface area contributed by atoms with Gasteiger partial charge in [-0.1, -0.05) is 0 Å². The molecule has 2 rings (SSSR count). The van der Waals surface area contributed by atoms with Gasteiger partial charge in [-0.15, -0.1) is 0 Å². The minimum Gasteiger partial charge on any atom is -0.439 e. The quantitative estimate of drug-likeness (QED) is 0.755. The van der Waals surface area contributed by atoms with Crippen LogP contribution in [-0.4, -0.2) is 54.6 Å². The van der Waals surface area contributed by atoms with Crippen molar-refractivity contribution in [2.75, 3.05) is 19.7 Å². The minimum absolute atomic E-state index is 0.0790. The molecule has 0 unspecified atom stereocenters. The lowest BCUT2D eigenvalue weighted by atomic mass is 10.5. The van der Waals surface area contributed by atoms with Crippen LogP contribution < -0.4 is 4.72 Å². The van der Waals surface area contributed by atoms with Crippen LogP contribution in [0.3, 0.4) is 0 Å². The Bertz CT molecular complexity index is 650. The SMILES string of the molecule is CCn1cc(S(=O)(=O)NCCN2C(=O)COC2=O)nc1C. The van der Waals surface area contributed by atoms with Crippen molar-refractivity contribution in [1.82, 2.24) is 19.2 Å². The second kappa shape index (κ2) is 5.82. The van der Waals surface area contributed by atoms with Crippen molar-refractivity contribution >= 4 is 22.0 Å². The van der Waals surface area contributed by atoms with Crippen molar-refractivity contribution in [3.63, 3.8) is 0 Å². The topological polar surface area (TPSA) is 111 Å². The van der Waals surface area contributed by atoms with Crippen LogP contribution in [0.15, 0.2) is 11.2 Å². The zero-order valence-electron chi connectivity index (χ0n) is 11.7. The van der Waals surface area contributed by atoms with E-state index in [-0.39, 0.29) is 24.7 Å². The average molecular weight is 316 g/mol. The highest BCUT2D eigenvalue weighted by atomic mass is 32.2. The maximum atomic E-state index is 12.0. The van der Waals surface area contributed by atoms with Crippen molar-refractivity contribution < 1.29 is 22.7 Å². The summed E-state index contributed by atoms with van der Waals surface area (Å²) in [4.78, 5) is 27.3. The maximum Gasteiger partial charge on any atom is 0.417 e. The van der Waals surface area contributed by atoms with E-state index in [4.69, 9.17) is 0 Å². The molecule has 2 heterocycles. The monoisotopic (exact) mass is 316 g/mol. The highest BCUT2D eigenvalue weighted by molar-refractivity contribution is 7.89. The second-order valence-electron chi connectivity index (χ2n) is 4.41. The number of nitrogens with zero attached hydrogens (tertiary/aromatic N) is 3. The summed E-state index contributed by atoms with van der Waals surface area (Å²) in [5, 5.41) is -0.0859. The van der Waals surface area contributed by atoms with Gasteiger partial charge in [-0.2, -0.15) is 0 Å². The van der Waals surface area contributed by atoms with Gasteiger partial charge >= 0.3 is 6.09 Å². The van der Waals surface area contributed by atoms with Crippen molar-refractivity contribution in [3.8, 4) is 0 Å². The normalized spacial score (nSPS) is 15.6. The van der Waals surface area contributed by atoms with E-state index in [2.05, 4.69) is 14.4 Å². The van der Waals surface area contributed by atoms with Gasteiger partial charge in [0.15, 0.2) is 11.6 Å². The largest absolute Gasteiger partial charge is 0.439 e. The Balaban J connectivity index is 1.98. The van der Waals surface area contributed by atoms with Crippen molar-refractivity contribution in [2.45, 2.75) is 25.4 Å². The van der Waals surface area contributed by atoms with E-state index in [1.165, 1.54) is 6.20 Å². The van der Waals surface area contributed by atoms with Gasteiger partial charge in [-0.05, 0) is 13.8 Å². The number of nitrogens with one attached hydrogen (secondary N) is 1. The third-order valence-electron chi connectivity index (χ3n) is 3.04. The van der Waals surface area contributed by atoms with Gasteiger partial charge in [0.05, 0.1) is 0 Å². The van der Waals surface area contributed by atoms with Crippen LogP contribution in [0.5, 0.6) is 0 Å². The van der Waals surface area contributed by atoms with E-state index in [9.17, 15) is 18.0 Å². The number of carbonyl (C=O) groups is 2. The Hall–Kier alpha value is -1.94. The van der Waals surface area contributed by atoms with Gasteiger partial charge in [0.2, 0.25) is 0 Å². The summed E-state index contributed by atoms with van der Waals surface area (Å²) in [6.07, 6.45) is 0.678. The molecule has 0 aromatic carbocycles. The van der Waals surface area contributed by atoms with Crippen molar-refractivity contribution in [2.24, 2.45) is 0 Å². The molecule has 1 fully saturated rings. The molecule has 2 amide bonds. The van der Waals surface area contributed by atoms with Gasteiger partial charge in [-0.3, -0.25) is 4.79 Å². The number of imide groups is 1. The van der Waals surface area contributed by atoms with E-state index in [1.54, 1.807) is 11.5 Å². The van der Waals surface area contributed by atoms with Crippen LogP contribution in [0, 0.1) is 6.92 Å². The summed E-state index contributed by atoms with van der Waals surface area (Å²) in [5.41, 5.74) is 0. The van der Waals surface area contributed by atoms with Crippen molar-refractivity contribution in [3.05, 3.63) is 12.0 Å². The predicted octanol–water partition coefficient (Wildman–Crippen LogP) is -0.531. The molecule has 0 atom stereocenters. The molecule has 0 saturated carbocycles. The Morgan fingerprint density at radius 1 is 1.43 bits per heavy atom. The van der Waals surface area contributed by atoms with Gasteiger partial charge in [0, 0.05) is 25.8 Å². The molecule has 1 aromatic heterocycles. The fourth-order valence-electron chi connectivity index (χ4n) is 1.89. The lowest BCUT2D eigenvalue weighted by Gasteiger charge is -2.10. The first-order valence-corrected chi connectivity index (χ1v) is 7.84. The number of ether oxygens (including phenoxy) is 1. The second-order valence-corrected chi connectivity index (χ2v) is 6.12. The molecule has 0 spiro atoms. The smallest absolute Gasteiger partial charge is 0.417 e. The Kier molecular flexibility index (Phi) is 4.28. The molecule has 10 heteroatoms. The number of imidazole rings is 1. The molecule has 116 valence electrons. The molecule has 21 heavy (non-hydrogen) atoms. The molecule has 9 nitrogen and oxygen atoms in total. The van der Waals surface area contributed by atoms with Crippen LogP contribution >= 0.6 is 0 Å². The molecule has 1 aliphatic heterocycles. The number of carbonyl (C=O) groups excluding carboxylic acids is 2. The number of hydrogen-bond donors (Lipinski definition) is 1. The molecule has 0 aliphatic carbocycles. The zero-order valence-corrected chi connectivity index (χ0v) is 12.5. The highest BCUT2D eigenvalue weighted by Gasteiger charge is 2.30. The minimum atomic E-state index is -3.77. The molecule has 1 N–H and O–H groups in total. The first kappa shape index (κ1) is 15.4. The molecule has 1 aromatic rings. The summed E-state index contributed by atoms with van der Waals surface area (Å²) >= 11 is 0. The van der Waals surface area contributed by atoms with Gasteiger partial charge in [0.1, 0.15) is 5.82 Å². The van der Waals surface area contributed by atoms with Crippen LogP contribution in [0.25, 0.3) is 0 Å². The summed E-state index contributed by atoms with van der Waals surface area (Å²) in [6, 6.07) is 0. The standard InChI is InChI=1S/C11H16N4O5S/c1-3-14-6-9(13-8(14)2)21(18,19)12-4-5-15-10(16)7-20-11(15)17/h6,12H,3-5,7H2,1-2H3. The number of aromatic nitrogens is 2. The van der Waals surface area contributed by atoms with Gasteiger partial charge in [-0.25, -0.2) is 27.8 Å². The van der Waals surface area contributed by atoms with E-state index in [0.717, 1.165) is 4.90 Å². The molecule has 0 radical (unpaired) electrons. The number of hydrogen-bond acceptors (Lipinski definition) is 6. The Morgan fingerprint density at radius 3 is 2.67 bits per heavy atom.